The summed E-state index contributed by atoms with van der Waals surface area (Å²) in [4.78, 5) is 12.2. The molecule has 0 aliphatic rings. The minimum atomic E-state index is -0.763. The second-order valence-corrected chi connectivity index (χ2v) is 5.94. The van der Waals surface area contributed by atoms with Crippen molar-refractivity contribution >= 4 is 5.91 Å². The summed E-state index contributed by atoms with van der Waals surface area (Å²) in [5, 5.41) is 6.96. The van der Waals surface area contributed by atoms with Crippen molar-refractivity contribution in [3.05, 3.63) is 83.7 Å². The average molecular weight is 371 g/mol. The number of nitrogens with one attached hydrogen (secondary N) is 1. The zero-order chi connectivity index (χ0) is 19.1. The van der Waals surface area contributed by atoms with Gasteiger partial charge in [-0.25, -0.2) is 8.78 Å². The molecule has 0 saturated carbocycles. The Hall–Kier alpha value is -3.22. The van der Waals surface area contributed by atoms with Crippen molar-refractivity contribution in [1.82, 2.24) is 15.1 Å². The third kappa shape index (κ3) is 5.37. The lowest BCUT2D eigenvalue weighted by Crippen LogP contribution is -2.25. The zero-order valence-corrected chi connectivity index (χ0v) is 14.6. The van der Waals surface area contributed by atoms with Crippen LogP contribution in [-0.4, -0.2) is 22.2 Å². The molecule has 27 heavy (non-hydrogen) atoms. The van der Waals surface area contributed by atoms with Crippen LogP contribution in [0.4, 0.5) is 8.78 Å². The van der Waals surface area contributed by atoms with Crippen molar-refractivity contribution in [2.75, 3.05) is 6.54 Å². The molecule has 140 valence electrons. The maximum absolute atomic E-state index is 13.6. The number of rotatable bonds is 8. The molecule has 5 nitrogen and oxygen atoms in total. The van der Waals surface area contributed by atoms with Crippen LogP contribution in [0.3, 0.4) is 0 Å². The lowest BCUT2D eigenvalue weighted by Gasteiger charge is -2.09. The Balaban J connectivity index is 1.50. The molecule has 0 aliphatic heterocycles. The van der Waals surface area contributed by atoms with E-state index in [0.717, 1.165) is 25.1 Å². The molecule has 7 heteroatoms. The molecule has 0 fully saturated rings. The van der Waals surface area contributed by atoms with E-state index in [2.05, 4.69) is 10.4 Å². The number of carbonyl (C=O) groups excluding carboxylic acids is 1. The Labute approximate surface area is 155 Å². The lowest BCUT2D eigenvalue weighted by molar-refractivity contribution is 0.0952. The fraction of sp³-hybridized carbons (Fsp3) is 0.200. The Kier molecular flexibility index (Phi) is 6.14. The SMILES string of the molecule is O=C(NCCCn1cccn1)c1cccc(COc2ccc(F)cc2F)c1. The number of aryl methyl sites for hydroxylation is 1. The van der Waals surface area contributed by atoms with Gasteiger partial charge in [-0.05, 0) is 42.3 Å². The first-order valence-electron chi connectivity index (χ1n) is 8.54. The number of ether oxygens (including phenoxy) is 1. The van der Waals surface area contributed by atoms with Crippen molar-refractivity contribution < 1.29 is 18.3 Å². The zero-order valence-electron chi connectivity index (χ0n) is 14.6. The van der Waals surface area contributed by atoms with E-state index in [0.29, 0.717) is 17.7 Å². The van der Waals surface area contributed by atoms with Crippen LogP contribution in [0.25, 0.3) is 0 Å². The van der Waals surface area contributed by atoms with E-state index in [1.165, 1.54) is 6.07 Å². The second-order valence-electron chi connectivity index (χ2n) is 5.94. The van der Waals surface area contributed by atoms with E-state index in [1.54, 1.807) is 35.1 Å². The number of nitrogens with zero attached hydrogens (tertiary/aromatic N) is 2. The molecule has 3 aromatic rings. The number of amides is 1. The molecule has 1 N–H and O–H groups in total. The summed E-state index contributed by atoms with van der Waals surface area (Å²) in [6.45, 7) is 1.33. The first-order valence-corrected chi connectivity index (χ1v) is 8.54. The minimum absolute atomic E-state index is 0.0372. The van der Waals surface area contributed by atoms with Crippen molar-refractivity contribution in [2.24, 2.45) is 0 Å². The molecule has 0 aliphatic carbocycles. The Morgan fingerprint density at radius 1 is 1.15 bits per heavy atom. The average Bonchev–Trinajstić information content (AvgIpc) is 3.18. The molecule has 0 spiro atoms. The van der Waals surface area contributed by atoms with Gasteiger partial charge in [0.25, 0.3) is 5.91 Å². The number of halogens is 2. The maximum atomic E-state index is 13.6. The van der Waals surface area contributed by atoms with Gasteiger partial charge in [0.2, 0.25) is 0 Å². The standard InChI is InChI=1S/C20H19F2N3O2/c21-17-6-7-19(18(22)13-17)27-14-15-4-1-5-16(12-15)20(26)23-8-2-10-25-11-3-9-24-25/h1,3-7,9,11-13H,2,8,10,14H2,(H,23,26). The van der Waals surface area contributed by atoms with E-state index in [4.69, 9.17) is 4.74 Å². The molecule has 0 atom stereocenters. The number of hydrogen-bond donors (Lipinski definition) is 1. The topological polar surface area (TPSA) is 56.2 Å². The largest absolute Gasteiger partial charge is 0.486 e. The molecule has 1 amide bonds. The van der Waals surface area contributed by atoms with E-state index in [9.17, 15) is 13.6 Å². The number of aromatic nitrogens is 2. The molecule has 0 saturated heterocycles. The van der Waals surface area contributed by atoms with E-state index in [1.807, 2.05) is 12.3 Å². The molecule has 0 unspecified atom stereocenters. The van der Waals surface area contributed by atoms with Gasteiger partial charge in [0, 0.05) is 37.1 Å². The lowest BCUT2D eigenvalue weighted by atomic mass is 10.1. The van der Waals surface area contributed by atoms with Crippen LogP contribution in [-0.2, 0) is 13.2 Å². The normalized spacial score (nSPS) is 10.6. The second kappa shape index (κ2) is 8.93. The van der Waals surface area contributed by atoms with Crippen LogP contribution in [0.5, 0.6) is 5.75 Å². The van der Waals surface area contributed by atoms with Crippen LogP contribution in [0, 0.1) is 11.6 Å². The highest BCUT2D eigenvalue weighted by Crippen LogP contribution is 2.19. The van der Waals surface area contributed by atoms with Crippen LogP contribution >= 0.6 is 0 Å². The smallest absolute Gasteiger partial charge is 0.251 e. The summed E-state index contributed by atoms with van der Waals surface area (Å²) in [7, 11) is 0. The third-order valence-corrected chi connectivity index (χ3v) is 3.89. The highest BCUT2D eigenvalue weighted by molar-refractivity contribution is 5.94. The van der Waals surface area contributed by atoms with Gasteiger partial charge in [-0.15, -0.1) is 0 Å². The summed E-state index contributed by atoms with van der Waals surface area (Å²) in [5.74, 6) is -1.65. The van der Waals surface area contributed by atoms with Gasteiger partial charge in [0.1, 0.15) is 12.4 Å². The van der Waals surface area contributed by atoms with E-state index in [-0.39, 0.29) is 18.3 Å². The quantitative estimate of drug-likeness (QED) is 0.616. The van der Waals surface area contributed by atoms with Gasteiger partial charge in [0.05, 0.1) is 0 Å². The predicted octanol–water partition coefficient (Wildman–Crippen LogP) is 3.56. The van der Waals surface area contributed by atoms with E-state index < -0.39 is 11.6 Å². The van der Waals surface area contributed by atoms with Crippen LogP contribution in [0.1, 0.15) is 22.3 Å². The number of hydrogen-bond acceptors (Lipinski definition) is 3. The van der Waals surface area contributed by atoms with Crippen molar-refractivity contribution in [3.63, 3.8) is 0 Å². The highest BCUT2D eigenvalue weighted by atomic mass is 19.1. The summed E-state index contributed by atoms with van der Waals surface area (Å²) < 4.78 is 33.7. The first kappa shape index (κ1) is 18.6. The molecule has 1 heterocycles. The molecule has 0 bridgehead atoms. The first-order chi connectivity index (χ1) is 13.1. The van der Waals surface area contributed by atoms with Gasteiger partial charge in [0.15, 0.2) is 11.6 Å². The van der Waals surface area contributed by atoms with Crippen molar-refractivity contribution in [1.29, 1.82) is 0 Å². The summed E-state index contributed by atoms with van der Waals surface area (Å²) in [6.07, 6.45) is 4.35. The molecule has 1 aromatic heterocycles. The van der Waals surface area contributed by atoms with Crippen LogP contribution in [0.15, 0.2) is 60.9 Å². The minimum Gasteiger partial charge on any atom is -0.486 e. The fourth-order valence-electron chi connectivity index (χ4n) is 2.53. The molecular weight excluding hydrogens is 352 g/mol. The van der Waals surface area contributed by atoms with Gasteiger partial charge in [-0.3, -0.25) is 9.48 Å². The maximum Gasteiger partial charge on any atom is 0.251 e. The molecule has 0 radical (unpaired) electrons. The van der Waals surface area contributed by atoms with Gasteiger partial charge in [-0.1, -0.05) is 12.1 Å². The summed E-state index contributed by atoms with van der Waals surface area (Å²) >= 11 is 0. The third-order valence-electron chi connectivity index (χ3n) is 3.89. The Morgan fingerprint density at radius 3 is 2.81 bits per heavy atom. The Bertz CT molecular complexity index is 898. The number of carbonyl (C=O) groups is 1. The summed E-state index contributed by atoms with van der Waals surface area (Å²) in [5.41, 5.74) is 1.21. The number of benzene rings is 2. The van der Waals surface area contributed by atoms with Crippen LogP contribution < -0.4 is 10.1 Å². The molecular formula is C20H19F2N3O2. The van der Waals surface area contributed by atoms with E-state index >= 15 is 0 Å². The van der Waals surface area contributed by atoms with Crippen molar-refractivity contribution in [3.8, 4) is 5.75 Å². The van der Waals surface area contributed by atoms with Crippen molar-refractivity contribution in [2.45, 2.75) is 19.6 Å². The van der Waals surface area contributed by atoms with Crippen LogP contribution in [0.2, 0.25) is 0 Å². The molecule has 2 aromatic carbocycles. The predicted molar refractivity (Wildman–Crippen MR) is 96.3 cm³/mol. The van der Waals surface area contributed by atoms with Gasteiger partial charge in [-0.2, -0.15) is 5.10 Å². The van der Waals surface area contributed by atoms with Gasteiger partial charge < -0.3 is 10.1 Å². The highest BCUT2D eigenvalue weighted by Gasteiger charge is 2.08. The Morgan fingerprint density at radius 2 is 2.04 bits per heavy atom. The molecule has 3 rings (SSSR count). The summed E-state index contributed by atoms with van der Waals surface area (Å²) in [6, 6.07) is 11.9. The monoisotopic (exact) mass is 371 g/mol. The van der Waals surface area contributed by atoms with Gasteiger partial charge >= 0.3 is 0 Å². The fourth-order valence-corrected chi connectivity index (χ4v) is 2.53.